The first-order valence-corrected chi connectivity index (χ1v) is 6.50. The summed E-state index contributed by atoms with van der Waals surface area (Å²) in [5.74, 6) is 0.475. The molecule has 2 N–H and O–H groups in total. The van der Waals surface area contributed by atoms with Crippen molar-refractivity contribution in [1.82, 2.24) is 5.32 Å². The molecule has 0 radical (unpaired) electrons. The van der Waals surface area contributed by atoms with Crippen molar-refractivity contribution in [1.29, 1.82) is 0 Å². The molecule has 0 aromatic rings. The van der Waals surface area contributed by atoms with Gasteiger partial charge in [0.2, 0.25) is 6.04 Å². The van der Waals surface area contributed by atoms with Crippen LogP contribution in [0.4, 0.5) is 0 Å². The lowest BCUT2D eigenvalue weighted by Crippen LogP contribution is -2.96. The minimum atomic E-state index is 0.448. The lowest BCUT2D eigenvalue weighted by atomic mass is 10.1. The first kappa shape index (κ1) is 11.1. The van der Waals surface area contributed by atoms with Gasteiger partial charge in [0.15, 0.2) is 0 Å². The molecule has 3 nitrogen and oxygen atoms in total. The molecule has 1 amide bonds. The van der Waals surface area contributed by atoms with Gasteiger partial charge in [-0.3, -0.25) is 4.90 Å². The summed E-state index contributed by atoms with van der Waals surface area (Å²) in [5, 5.41) is 3.35. The smallest absolute Gasteiger partial charge is 0.317 e. The van der Waals surface area contributed by atoms with E-state index in [2.05, 4.69) is 5.32 Å². The predicted octanol–water partition coefficient (Wildman–Crippen LogP) is 0.114. The summed E-state index contributed by atoms with van der Waals surface area (Å²) in [5.41, 5.74) is 0. The average molecular weight is 211 g/mol. The molecule has 86 valence electrons. The van der Waals surface area contributed by atoms with Gasteiger partial charge in [0.25, 0.3) is 0 Å². The number of piperidine rings is 1. The molecule has 0 saturated carbocycles. The normalized spacial score (nSPS) is 34.5. The van der Waals surface area contributed by atoms with Gasteiger partial charge in [-0.2, -0.15) is 0 Å². The van der Waals surface area contributed by atoms with Gasteiger partial charge in [-0.1, -0.05) is 12.8 Å². The Morgan fingerprint density at radius 3 is 2.27 bits per heavy atom. The minimum absolute atomic E-state index is 0.448. The van der Waals surface area contributed by atoms with Gasteiger partial charge in [0.05, 0.1) is 6.54 Å². The Balaban J connectivity index is 0.000000115. The first-order valence-electron chi connectivity index (χ1n) is 6.50. The van der Waals surface area contributed by atoms with Crippen LogP contribution in [0.25, 0.3) is 0 Å². The third-order valence-corrected chi connectivity index (χ3v) is 3.62. The highest BCUT2D eigenvalue weighted by Gasteiger charge is 2.54. The maximum atomic E-state index is 10.7. The Kier molecular flexibility index (Phi) is 4.15. The number of rotatable bonds is 0. The monoisotopic (exact) mass is 211 g/mol. The third kappa shape index (κ3) is 3.28. The minimum Gasteiger partial charge on any atom is -0.317 e. The maximum Gasteiger partial charge on any atom is 0.371 e. The van der Waals surface area contributed by atoms with Crippen molar-refractivity contribution in [3.8, 4) is 0 Å². The summed E-state index contributed by atoms with van der Waals surface area (Å²) in [6.45, 7) is 3.61. The summed E-state index contributed by atoms with van der Waals surface area (Å²) in [4.78, 5) is 11.9. The number of quaternary nitrogens is 1. The van der Waals surface area contributed by atoms with E-state index in [-0.39, 0.29) is 0 Å². The molecule has 3 aliphatic rings. The third-order valence-electron chi connectivity index (χ3n) is 3.62. The second-order valence-corrected chi connectivity index (χ2v) is 4.85. The Morgan fingerprint density at radius 1 is 1.00 bits per heavy atom. The van der Waals surface area contributed by atoms with Crippen LogP contribution in [0.3, 0.4) is 0 Å². The predicted molar refractivity (Wildman–Crippen MR) is 59.8 cm³/mol. The SMILES string of the molecule is C1CCCNCC1.O=C1C2CCCC[NH+]12. The molecular weight excluding hydrogens is 188 g/mol. The fourth-order valence-electron chi connectivity index (χ4n) is 2.54. The van der Waals surface area contributed by atoms with Gasteiger partial charge >= 0.3 is 5.91 Å². The molecule has 3 heterocycles. The zero-order chi connectivity index (χ0) is 10.5. The lowest BCUT2D eigenvalue weighted by Gasteiger charge is -2.01. The molecule has 3 aliphatic heterocycles. The second-order valence-electron chi connectivity index (χ2n) is 4.85. The Hall–Kier alpha value is -0.410. The largest absolute Gasteiger partial charge is 0.371 e. The molecule has 0 aliphatic carbocycles. The van der Waals surface area contributed by atoms with Crippen molar-refractivity contribution in [2.45, 2.75) is 51.0 Å². The van der Waals surface area contributed by atoms with E-state index in [4.69, 9.17) is 0 Å². The Labute approximate surface area is 92.2 Å². The molecule has 3 heteroatoms. The van der Waals surface area contributed by atoms with Gasteiger partial charge in [-0.15, -0.1) is 0 Å². The number of fused-ring (bicyclic) bond motifs is 1. The molecule has 0 aromatic heterocycles. The van der Waals surface area contributed by atoms with Gasteiger partial charge in [-0.25, -0.2) is 4.79 Å². The molecule has 3 fully saturated rings. The number of carbonyl (C=O) groups is 1. The average Bonchev–Trinajstić information content (AvgIpc) is 3.01. The van der Waals surface area contributed by atoms with Gasteiger partial charge in [0.1, 0.15) is 0 Å². The second kappa shape index (κ2) is 5.61. The van der Waals surface area contributed by atoms with Crippen LogP contribution in [-0.2, 0) is 4.79 Å². The summed E-state index contributed by atoms with van der Waals surface area (Å²) < 4.78 is 0. The van der Waals surface area contributed by atoms with E-state index in [1.165, 1.54) is 56.5 Å². The van der Waals surface area contributed by atoms with Crippen molar-refractivity contribution in [2.24, 2.45) is 0 Å². The molecule has 15 heavy (non-hydrogen) atoms. The van der Waals surface area contributed by atoms with Crippen molar-refractivity contribution in [3.63, 3.8) is 0 Å². The van der Waals surface area contributed by atoms with Gasteiger partial charge in [-0.05, 0) is 38.8 Å². The first-order chi connectivity index (χ1) is 7.39. The molecule has 2 unspecified atom stereocenters. The van der Waals surface area contributed by atoms with E-state index >= 15 is 0 Å². The standard InChI is InChI=1S/C6H9NO.C6H13N/c8-6-5-3-1-2-4-7(5)6;1-2-4-6-7-5-3-1/h5H,1-4H2;7H,1-6H2/p+1. The number of amides is 1. The lowest BCUT2D eigenvalue weighted by molar-refractivity contribution is -0.740. The molecule has 3 rings (SSSR count). The zero-order valence-corrected chi connectivity index (χ0v) is 9.56. The molecular formula is C12H23N2O+. The Morgan fingerprint density at radius 2 is 1.73 bits per heavy atom. The molecule has 0 spiro atoms. The fraction of sp³-hybridized carbons (Fsp3) is 0.917. The van der Waals surface area contributed by atoms with Crippen LogP contribution in [0.15, 0.2) is 0 Å². The molecule has 0 aromatic carbocycles. The Bertz CT molecular complexity index is 184. The molecule has 2 atom stereocenters. The van der Waals surface area contributed by atoms with Crippen molar-refractivity contribution in [2.75, 3.05) is 19.6 Å². The highest BCUT2D eigenvalue weighted by atomic mass is 16.2. The van der Waals surface area contributed by atoms with Crippen LogP contribution in [-0.4, -0.2) is 31.6 Å². The van der Waals surface area contributed by atoms with Crippen LogP contribution in [0.1, 0.15) is 44.9 Å². The van der Waals surface area contributed by atoms with Crippen LogP contribution < -0.4 is 10.2 Å². The fourth-order valence-corrected chi connectivity index (χ4v) is 2.54. The quantitative estimate of drug-likeness (QED) is 0.558. The highest BCUT2D eigenvalue weighted by molar-refractivity contribution is 5.82. The zero-order valence-electron chi connectivity index (χ0n) is 9.56. The van der Waals surface area contributed by atoms with Crippen LogP contribution in [0.5, 0.6) is 0 Å². The van der Waals surface area contributed by atoms with Crippen LogP contribution >= 0.6 is 0 Å². The number of carbonyl (C=O) groups excluding carboxylic acids is 1. The van der Waals surface area contributed by atoms with Crippen molar-refractivity contribution >= 4 is 5.91 Å². The topological polar surface area (TPSA) is 33.5 Å². The van der Waals surface area contributed by atoms with E-state index in [1.54, 1.807) is 0 Å². The summed E-state index contributed by atoms with van der Waals surface area (Å²) in [7, 11) is 0. The number of hydrogen-bond acceptors (Lipinski definition) is 2. The van der Waals surface area contributed by atoms with E-state index in [9.17, 15) is 4.79 Å². The highest BCUT2D eigenvalue weighted by Crippen LogP contribution is 2.09. The number of nitrogens with one attached hydrogen (secondary N) is 2. The van der Waals surface area contributed by atoms with E-state index in [1.807, 2.05) is 0 Å². The van der Waals surface area contributed by atoms with E-state index in [0.717, 1.165) is 13.0 Å². The summed E-state index contributed by atoms with van der Waals surface area (Å²) >= 11 is 0. The van der Waals surface area contributed by atoms with E-state index in [0.29, 0.717) is 11.9 Å². The van der Waals surface area contributed by atoms with Crippen LogP contribution in [0, 0.1) is 0 Å². The van der Waals surface area contributed by atoms with E-state index < -0.39 is 0 Å². The van der Waals surface area contributed by atoms with Crippen LogP contribution in [0.2, 0.25) is 0 Å². The number of hydrogen-bond donors (Lipinski definition) is 2. The summed E-state index contributed by atoms with van der Waals surface area (Å²) in [6.07, 6.45) is 9.35. The van der Waals surface area contributed by atoms with Gasteiger partial charge in [0, 0.05) is 6.42 Å². The summed E-state index contributed by atoms with van der Waals surface area (Å²) in [6, 6.07) is 0.448. The molecule has 3 saturated heterocycles. The van der Waals surface area contributed by atoms with Crippen molar-refractivity contribution < 1.29 is 9.69 Å². The van der Waals surface area contributed by atoms with Gasteiger partial charge < -0.3 is 5.32 Å². The maximum absolute atomic E-state index is 10.7. The van der Waals surface area contributed by atoms with Crippen molar-refractivity contribution in [3.05, 3.63) is 0 Å². The molecule has 0 bridgehead atoms.